The third-order valence-electron chi connectivity index (χ3n) is 5.16. The summed E-state index contributed by atoms with van der Waals surface area (Å²) in [5, 5.41) is 11.3. The van der Waals surface area contributed by atoms with Crippen LogP contribution in [0.1, 0.15) is 46.2 Å². The highest BCUT2D eigenvalue weighted by atomic mass is 32.2. The van der Waals surface area contributed by atoms with Crippen molar-refractivity contribution in [1.29, 1.82) is 5.41 Å². The van der Waals surface area contributed by atoms with Gasteiger partial charge in [0.25, 0.3) is 5.56 Å². The molecule has 0 amide bonds. The van der Waals surface area contributed by atoms with Crippen molar-refractivity contribution >= 4 is 23.3 Å². The lowest BCUT2D eigenvalue weighted by molar-refractivity contribution is 0.233. The summed E-state index contributed by atoms with van der Waals surface area (Å²) in [6.07, 6.45) is 1.37. The number of nitrogens with zero attached hydrogens (tertiary/aromatic N) is 3. The number of hydrogen-bond acceptors (Lipinski definition) is 8. The van der Waals surface area contributed by atoms with Gasteiger partial charge in [0, 0.05) is 38.1 Å². The lowest BCUT2D eigenvalue weighted by atomic mass is 10.1. The van der Waals surface area contributed by atoms with E-state index in [0.29, 0.717) is 41.7 Å². The topological polar surface area (TPSA) is 97.3 Å². The van der Waals surface area contributed by atoms with Crippen LogP contribution in [0.4, 0.5) is 5.69 Å². The standard InChI is InChI=1S/C22H32N6O2S.C2H6/c1-5-7-17(23)19-20(24-3)22(29)26-21(25-19)16-14-15(8-9-18(16)30-6-2)31-28-12-10-27(4)11-13-28;1-2/h8-9,14,23-24H,5-7,10-13H2,1-4H3,(H,25,26,29);1-2H3. The number of rotatable bonds is 9. The van der Waals surface area contributed by atoms with Crippen molar-refractivity contribution < 1.29 is 4.74 Å². The molecule has 0 bridgehead atoms. The molecule has 33 heavy (non-hydrogen) atoms. The van der Waals surface area contributed by atoms with Crippen LogP contribution in [0.15, 0.2) is 27.9 Å². The van der Waals surface area contributed by atoms with Gasteiger partial charge < -0.3 is 25.3 Å². The van der Waals surface area contributed by atoms with E-state index in [0.717, 1.165) is 43.1 Å². The van der Waals surface area contributed by atoms with Gasteiger partial charge in [-0.2, -0.15) is 0 Å². The molecule has 8 nitrogen and oxygen atoms in total. The maximum absolute atomic E-state index is 12.8. The third-order valence-corrected chi connectivity index (χ3v) is 6.25. The fraction of sp³-hybridized carbons (Fsp3) is 0.542. The minimum absolute atomic E-state index is 0.289. The molecular formula is C24H38N6O2S. The van der Waals surface area contributed by atoms with E-state index in [4.69, 9.17) is 10.1 Å². The first-order valence-corrected chi connectivity index (χ1v) is 12.5. The number of nitrogens with one attached hydrogen (secondary N) is 3. The fourth-order valence-corrected chi connectivity index (χ4v) is 4.42. The van der Waals surface area contributed by atoms with Gasteiger partial charge in [-0.05, 0) is 50.5 Å². The molecule has 1 aromatic heterocycles. The van der Waals surface area contributed by atoms with Crippen LogP contribution in [0.5, 0.6) is 5.75 Å². The van der Waals surface area contributed by atoms with Crippen molar-refractivity contribution in [3.8, 4) is 17.1 Å². The minimum atomic E-state index is -0.289. The van der Waals surface area contributed by atoms with Crippen LogP contribution in [-0.2, 0) is 0 Å². The van der Waals surface area contributed by atoms with E-state index in [2.05, 4.69) is 31.5 Å². The van der Waals surface area contributed by atoms with E-state index in [1.807, 2.05) is 45.9 Å². The monoisotopic (exact) mass is 474 g/mol. The van der Waals surface area contributed by atoms with E-state index in [1.54, 1.807) is 19.0 Å². The number of hydrogen-bond donors (Lipinski definition) is 3. The van der Waals surface area contributed by atoms with Crippen LogP contribution in [0.3, 0.4) is 0 Å². The van der Waals surface area contributed by atoms with Gasteiger partial charge >= 0.3 is 0 Å². The summed E-state index contributed by atoms with van der Waals surface area (Å²) in [6.45, 7) is 12.5. The summed E-state index contributed by atoms with van der Waals surface area (Å²) >= 11 is 1.71. The molecule has 2 heterocycles. The molecule has 1 saturated heterocycles. The van der Waals surface area contributed by atoms with Crippen LogP contribution in [-0.4, -0.2) is 71.8 Å². The lowest BCUT2D eigenvalue weighted by Crippen LogP contribution is -2.40. The Kier molecular flexibility index (Phi) is 10.9. The number of ether oxygens (including phenoxy) is 1. The van der Waals surface area contributed by atoms with Gasteiger partial charge in [-0.1, -0.05) is 27.2 Å². The van der Waals surface area contributed by atoms with Crippen LogP contribution in [0.2, 0.25) is 0 Å². The van der Waals surface area contributed by atoms with Gasteiger partial charge in [-0.3, -0.25) is 4.79 Å². The smallest absolute Gasteiger partial charge is 0.275 e. The van der Waals surface area contributed by atoms with E-state index in [1.165, 1.54) is 0 Å². The Balaban J connectivity index is 0.00000187. The van der Waals surface area contributed by atoms with E-state index >= 15 is 0 Å². The zero-order valence-corrected chi connectivity index (χ0v) is 21.6. The molecule has 0 radical (unpaired) electrons. The van der Waals surface area contributed by atoms with Crippen molar-refractivity contribution in [2.24, 2.45) is 0 Å². The largest absolute Gasteiger partial charge is 0.493 e. The predicted molar refractivity (Wildman–Crippen MR) is 139 cm³/mol. The van der Waals surface area contributed by atoms with Gasteiger partial charge in [0.05, 0.1) is 17.9 Å². The van der Waals surface area contributed by atoms with Crippen molar-refractivity contribution in [2.45, 2.75) is 45.4 Å². The predicted octanol–water partition coefficient (Wildman–Crippen LogP) is 4.33. The molecule has 3 N–H and O–H groups in total. The Hall–Kier alpha value is -2.36. The highest BCUT2D eigenvalue weighted by molar-refractivity contribution is 7.97. The molecule has 1 fully saturated rings. The first-order chi connectivity index (χ1) is 16.0. The Morgan fingerprint density at radius 1 is 1.24 bits per heavy atom. The number of aromatic amines is 1. The number of benzene rings is 1. The Morgan fingerprint density at radius 3 is 2.55 bits per heavy atom. The number of piperazine rings is 1. The maximum atomic E-state index is 12.8. The summed E-state index contributed by atoms with van der Waals surface area (Å²) in [5.74, 6) is 1.09. The highest BCUT2D eigenvalue weighted by Gasteiger charge is 2.19. The van der Waals surface area contributed by atoms with Crippen molar-refractivity contribution in [3.05, 3.63) is 34.2 Å². The molecule has 3 rings (SSSR count). The van der Waals surface area contributed by atoms with Gasteiger partial charge in [-0.25, -0.2) is 9.29 Å². The molecule has 1 aromatic carbocycles. The van der Waals surface area contributed by atoms with E-state index in [9.17, 15) is 4.79 Å². The summed E-state index contributed by atoms with van der Waals surface area (Å²) in [4.78, 5) is 23.7. The molecule has 0 saturated carbocycles. The van der Waals surface area contributed by atoms with Crippen LogP contribution in [0.25, 0.3) is 11.4 Å². The average molecular weight is 475 g/mol. The first-order valence-electron chi connectivity index (χ1n) is 11.7. The lowest BCUT2D eigenvalue weighted by Gasteiger charge is -2.31. The maximum Gasteiger partial charge on any atom is 0.275 e. The van der Waals surface area contributed by atoms with Crippen LogP contribution >= 0.6 is 11.9 Å². The Labute approximate surface area is 201 Å². The highest BCUT2D eigenvalue weighted by Crippen LogP contribution is 2.34. The fourth-order valence-electron chi connectivity index (χ4n) is 3.48. The first kappa shape index (κ1) is 26.9. The normalized spacial score (nSPS) is 14.4. The second-order valence-corrected chi connectivity index (χ2v) is 8.70. The van der Waals surface area contributed by atoms with Crippen molar-refractivity contribution in [2.75, 3.05) is 52.2 Å². The third kappa shape index (κ3) is 7.06. The van der Waals surface area contributed by atoms with Crippen LogP contribution in [0, 0.1) is 5.41 Å². The van der Waals surface area contributed by atoms with E-state index < -0.39 is 0 Å². The number of aromatic nitrogens is 2. The molecule has 1 aliphatic heterocycles. The zero-order chi connectivity index (χ0) is 24.4. The summed E-state index contributed by atoms with van der Waals surface area (Å²) < 4.78 is 8.18. The van der Waals surface area contributed by atoms with Gasteiger partial charge in [0.15, 0.2) is 0 Å². The number of H-pyrrole nitrogens is 1. The molecule has 0 unspecified atom stereocenters. The summed E-state index contributed by atoms with van der Waals surface area (Å²) in [6, 6.07) is 5.98. The Morgan fingerprint density at radius 2 is 1.94 bits per heavy atom. The van der Waals surface area contributed by atoms with Gasteiger partial charge in [0.2, 0.25) is 0 Å². The molecular weight excluding hydrogens is 436 g/mol. The van der Waals surface area contributed by atoms with Gasteiger partial charge in [0.1, 0.15) is 23.0 Å². The molecule has 1 aliphatic rings. The van der Waals surface area contributed by atoms with E-state index in [-0.39, 0.29) is 5.56 Å². The molecule has 0 atom stereocenters. The summed E-state index contributed by atoms with van der Waals surface area (Å²) in [5.41, 5.74) is 1.50. The molecule has 0 spiro atoms. The number of anilines is 1. The molecule has 2 aromatic rings. The second kappa shape index (κ2) is 13.4. The average Bonchev–Trinajstić information content (AvgIpc) is 2.82. The molecule has 182 valence electrons. The quantitative estimate of drug-likeness (QED) is 0.368. The zero-order valence-electron chi connectivity index (χ0n) is 20.7. The minimum Gasteiger partial charge on any atom is -0.493 e. The SMILES string of the molecule is CC.CCCC(=N)c1nc(-c2cc(SN3CCN(C)CC3)ccc2OCC)[nH]c(=O)c1NC. The second-order valence-electron chi connectivity index (χ2n) is 7.53. The molecule has 9 heteroatoms. The van der Waals surface area contributed by atoms with Crippen molar-refractivity contribution in [3.63, 3.8) is 0 Å². The Bertz CT molecular complexity index is 970. The number of likely N-dealkylation sites (N-methyl/N-ethyl adjacent to an activating group) is 1. The van der Waals surface area contributed by atoms with Crippen LogP contribution < -0.4 is 15.6 Å². The van der Waals surface area contributed by atoms with Gasteiger partial charge in [-0.15, -0.1) is 0 Å². The molecule has 0 aliphatic carbocycles. The van der Waals surface area contributed by atoms with Crippen molar-refractivity contribution in [1.82, 2.24) is 19.2 Å². The summed E-state index contributed by atoms with van der Waals surface area (Å²) in [7, 11) is 3.81.